The van der Waals surface area contributed by atoms with Crippen LogP contribution in [0.15, 0.2) is 0 Å². The molecule has 2 aliphatic rings. The van der Waals surface area contributed by atoms with E-state index < -0.39 is 0 Å². The maximum Gasteiger partial charge on any atom is 0.0126 e. The summed E-state index contributed by atoms with van der Waals surface area (Å²) in [6.07, 6.45) is 2.75. The summed E-state index contributed by atoms with van der Waals surface area (Å²) in [6, 6.07) is 0.848. The van der Waals surface area contributed by atoms with Gasteiger partial charge < -0.3 is 4.90 Å². The van der Waals surface area contributed by atoms with Crippen molar-refractivity contribution in [2.75, 3.05) is 45.8 Å². The van der Waals surface area contributed by atoms with Crippen molar-refractivity contribution in [2.45, 2.75) is 59.0 Å². The van der Waals surface area contributed by atoms with E-state index in [9.17, 15) is 0 Å². The van der Waals surface area contributed by atoms with Crippen LogP contribution in [-0.2, 0) is 0 Å². The van der Waals surface area contributed by atoms with E-state index in [1.54, 1.807) is 0 Å². The molecule has 0 aromatic heterocycles. The van der Waals surface area contributed by atoms with Gasteiger partial charge in [-0.3, -0.25) is 9.80 Å². The molecule has 0 aliphatic carbocycles. The van der Waals surface area contributed by atoms with Gasteiger partial charge in [-0.25, -0.2) is 0 Å². The Morgan fingerprint density at radius 1 is 0.900 bits per heavy atom. The molecule has 3 nitrogen and oxygen atoms in total. The van der Waals surface area contributed by atoms with Crippen molar-refractivity contribution in [1.29, 1.82) is 0 Å². The van der Waals surface area contributed by atoms with Crippen LogP contribution in [0.3, 0.4) is 0 Å². The second-order valence-electron chi connectivity index (χ2n) is 8.12. The quantitative estimate of drug-likeness (QED) is 0.787. The van der Waals surface area contributed by atoms with Gasteiger partial charge in [0.25, 0.3) is 0 Å². The van der Waals surface area contributed by atoms with Gasteiger partial charge in [0.15, 0.2) is 0 Å². The van der Waals surface area contributed by atoms with E-state index in [1.807, 2.05) is 0 Å². The summed E-state index contributed by atoms with van der Waals surface area (Å²) in [7, 11) is 0. The lowest BCUT2D eigenvalue weighted by atomic mass is 9.99. The third-order valence-electron chi connectivity index (χ3n) is 4.96. The summed E-state index contributed by atoms with van der Waals surface area (Å²) in [4.78, 5) is 8.05. The summed E-state index contributed by atoms with van der Waals surface area (Å²) in [5.74, 6) is 0.807. The molecular formula is C17H35N3. The van der Waals surface area contributed by atoms with E-state index >= 15 is 0 Å². The topological polar surface area (TPSA) is 9.72 Å². The number of piperazine rings is 1. The Morgan fingerprint density at radius 2 is 1.45 bits per heavy atom. The van der Waals surface area contributed by atoms with Crippen molar-refractivity contribution in [1.82, 2.24) is 14.7 Å². The zero-order valence-corrected chi connectivity index (χ0v) is 14.4. The van der Waals surface area contributed by atoms with Gasteiger partial charge in [0.2, 0.25) is 0 Å². The number of likely N-dealkylation sites (tertiary alicyclic amines) is 1. The minimum Gasteiger partial charge on any atom is -0.303 e. The lowest BCUT2D eigenvalue weighted by molar-refractivity contribution is 0.0227. The zero-order chi connectivity index (χ0) is 14.8. The average Bonchev–Trinajstić information content (AvgIpc) is 2.38. The molecule has 2 saturated heterocycles. The number of hydrogen-bond acceptors (Lipinski definition) is 3. The third-order valence-corrected chi connectivity index (χ3v) is 4.96. The molecule has 0 saturated carbocycles. The summed E-state index contributed by atoms with van der Waals surface area (Å²) in [6.45, 7) is 20.6. The lowest BCUT2D eigenvalue weighted by Crippen LogP contribution is -2.57. The van der Waals surface area contributed by atoms with Crippen molar-refractivity contribution in [3.8, 4) is 0 Å². The van der Waals surface area contributed by atoms with Crippen LogP contribution in [0.1, 0.15) is 47.5 Å². The van der Waals surface area contributed by atoms with Crippen LogP contribution in [0.25, 0.3) is 0 Å². The molecule has 2 aliphatic heterocycles. The maximum absolute atomic E-state index is 2.76. The number of hydrogen-bond donors (Lipinski definition) is 0. The molecule has 2 heterocycles. The van der Waals surface area contributed by atoms with E-state index in [0.717, 1.165) is 12.0 Å². The van der Waals surface area contributed by atoms with Crippen LogP contribution in [0.4, 0.5) is 0 Å². The molecule has 3 heteroatoms. The van der Waals surface area contributed by atoms with Gasteiger partial charge in [-0.1, -0.05) is 13.8 Å². The highest BCUT2D eigenvalue weighted by atomic mass is 15.3. The first-order valence-corrected chi connectivity index (χ1v) is 8.57. The molecule has 0 spiro atoms. The van der Waals surface area contributed by atoms with Crippen LogP contribution in [-0.4, -0.2) is 72.1 Å². The molecule has 20 heavy (non-hydrogen) atoms. The van der Waals surface area contributed by atoms with Gasteiger partial charge in [-0.05, 0) is 52.6 Å². The Morgan fingerprint density at radius 3 is 1.90 bits per heavy atom. The summed E-state index contributed by atoms with van der Waals surface area (Å²) in [5, 5.41) is 0. The Labute approximate surface area is 126 Å². The molecule has 118 valence electrons. The van der Waals surface area contributed by atoms with E-state index in [-0.39, 0.29) is 0 Å². The molecule has 0 atom stereocenters. The largest absolute Gasteiger partial charge is 0.303 e. The normalized spacial score (nSPS) is 25.5. The smallest absolute Gasteiger partial charge is 0.0126 e. The molecule has 2 rings (SSSR count). The second kappa shape index (κ2) is 6.76. The van der Waals surface area contributed by atoms with Crippen molar-refractivity contribution in [3.63, 3.8) is 0 Å². The van der Waals surface area contributed by atoms with Gasteiger partial charge in [-0.15, -0.1) is 0 Å². The Kier molecular flexibility index (Phi) is 5.49. The first-order valence-electron chi connectivity index (χ1n) is 8.57. The van der Waals surface area contributed by atoms with Gasteiger partial charge in [0, 0.05) is 44.3 Å². The highest BCUT2D eigenvalue weighted by Crippen LogP contribution is 2.21. The fourth-order valence-corrected chi connectivity index (χ4v) is 3.74. The highest BCUT2D eigenvalue weighted by molar-refractivity contribution is 4.87. The van der Waals surface area contributed by atoms with Crippen molar-refractivity contribution < 1.29 is 0 Å². The van der Waals surface area contributed by atoms with Crippen LogP contribution in [0, 0.1) is 5.92 Å². The number of nitrogens with zero attached hydrogens (tertiary/aromatic N) is 3. The molecular weight excluding hydrogens is 246 g/mol. The Hall–Kier alpha value is -0.120. The lowest BCUT2D eigenvalue weighted by Gasteiger charge is -2.46. The van der Waals surface area contributed by atoms with E-state index in [1.165, 1.54) is 58.7 Å². The van der Waals surface area contributed by atoms with Crippen LogP contribution < -0.4 is 0 Å². The molecule has 0 amide bonds. The monoisotopic (exact) mass is 281 g/mol. The molecule has 0 unspecified atom stereocenters. The van der Waals surface area contributed by atoms with E-state index in [0.29, 0.717) is 5.54 Å². The van der Waals surface area contributed by atoms with Crippen LogP contribution >= 0.6 is 0 Å². The summed E-state index contributed by atoms with van der Waals surface area (Å²) >= 11 is 0. The molecule has 0 bridgehead atoms. The minimum absolute atomic E-state index is 0.340. The zero-order valence-electron chi connectivity index (χ0n) is 14.4. The maximum atomic E-state index is 2.76. The van der Waals surface area contributed by atoms with Gasteiger partial charge in [-0.2, -0.15) is 0 Å². The second-order valence-corrected chi connectivity index (χ2v) is 8.12. The van der Waals surface area contributed by atoms with Crippen molar-refractivity contribution in [3.05, 3.63) is 0 Å². The third kappa shape index (κ3) is 4.44. The highest BCUT2D eigenvalue weighted by Gasteiger charge is 2.30. The molecule has 2 fully saturated rings. The molecule has 0 radical (unpaired) electrons. The van der Waals surface area contributed by atoms with Crippen molar-refractivity contribution >= 4 is 0 Å². The average molecular weight is 281 g/mol. The molecule has 0 aromatic rings. The standard InChI is InChI=1S/C17H35N3/c1-15(2)14-18-8-6-16(7-9-18)19-10-12-20(13-11-19)17(3,4)5/h15-16H,6-14H2,1-5H3. The minimum atomic E-state index is 0.340. The Balaban J connectivity index is 1.73. The van der Waals surface area contributed by atoms with E-state index in [4.69, 9.17) is 0 Å². The number of piperidine rings is 1. The van der Waals surface area contributed by atoms with Gasteiger partial charge in [0.1, 0.15) is 0 Å². The van der Waals surface area contributed by atoms with Crippen LogP contribution in [0.5, 0.6) is 0 Å². The first-order chi connectivity index (χ1) is 9.36. The SMILES string of the molecule is CC(C)CN1CCC(N2CCN(C(C)(C)C)CC2)CC1. The summed E-state index contributed by atoms with van der Waals surface area (Å²) < 4.78 is 0. The molecule has 0 N–H and O–H groups in total. The van der Waals surface area contributed by atoms with Gasteiger partial charge in [0.05, 0.1) is 0 Å². The molecule has 0 aromatic carbocycles. The van der Waals surface area contributed by atoms with Crippen molar-refractivity contribution in [2.24, 2.45) is 5.92 Å². The first kappa shape index (κ1) is 16.3. The van der Waals surface area contributed by atoms with E-state index in [2.05, 4.69) is 49.3 Å². The predicted octanol–water partition coefficient (Wildman–Crippen LogP) is 2.52. The summed E-state index contributed by atoms with van der Waals surface area (Å²) in [5.41, 5.74) is 0.340. The fraction of sp³-hybridized carbons (Fsp3) is 1.00. The van der Waals surface area contributed by atoms with Gasteiger partial charge >= 0.3 is 0 Å². The predicted molar refractivity (Wildman–Crippen MR) is 87.2 cm³/mol. The number of rotatable bonds is 3. The van der Waals surface area contributed by atoms with Crippen LogP contribution in [0.2, 0.25) is 0 Å². The fourth-order valence-electron chi connectivity index (χ4n) is 3.74. The Bertz CT molecular complexity index is 279.